The van der Waals surface area contributed by atoms with Crippen LogP contribution < -0.4 is 9.30 Å². The standard InChI is InChI=1S/C61H47N5O/c1-40-31-42(38-62)32-41(2)59(40)45-33-47(36-49(34-45)67-48-27-28-53-52-21-12-13-24-54(52)66(57(53)37-48)58-35-46(29-30-63-58)61(3,4)5)64-39-65(56-26-15-14-25-55(56)64)60-50(43-17-8-6-9-18-43)22-16-23-51(60)44-19-10-7-11-20-44/h6-37H,1-5H3/i6D,7D,8D,9D,10D,11D,17D,18D,19D,20D. The summed E-state index contributed by atoms with van der Waals surface area (Å²) < 4.78 is 101. The highest BCUT2D eigenvalue weighted by Gasteiger charge is 2.22. The maximum absolute atomic E-state index is 9.95. The fourth-order valence-electron chi connectivity index (χ4n) is 9.18. The van der Waals surface area contributed by atoms with Gasteiger partial charge in [-0.3, -0.25) is 13.7 Å². The van der Waals surface area contributed by atoms with E-state index in [9.17, 15) is 5.26 Å². The second-order valence-corrected chi connectivity index (χ2v) is 17.6. The minimum absolute atomic E-state index is 0.124. The number of nitrogens with zero attached hydrogens (tertiary/aromatic N) is 5. The van der Waals surface area contributed by atoms with Gasteiger partial charge in [0.1, 0.15) is 17.3 Å². The highest BCUT2D eigenvalue weighted by Crippen LogP contribution is 2.40. The van der Waals surface area contributed by atoms with Crippen LogP contribution >= 0.6 is 0 Å². The van der Waals surface area contributed by atoms with Crippen molar-refractivity contribution in [2.75, 3.05) is 0 Å². The number of pyridine rings is 1. The minimum atomic E-state index is -0.585. The summed E-state index contributed by atoms with van der Waals surface area (Å²) in [5.74, 6) is 1.76. The molecule has 0 unspecified atom stereocenters. The summed E-state index contributed by atoms with van der Waals surface area (Å²) in [5.41, 5.74) is 8.52. The summed E-state index contributed by atoms with van der Waals surface area (Å²) in [6, 6.07) is 36.8. The van der Waals surface area contributed by atoms with Crippen LogP contribution in [0.2, 0.25) is 0 Å². The Morgan fingerprint density at radius 3 is 1.99 bits per heavy atom. The molecule has 0 aliphatic rings. The molecule has 8 aromatic carbocycles. The zero-order valence-electron chi connectivity index (χ0n) is 47.3. The lowest BCUT2D eigenvalue weighted by atomic mass is 9.88. The Morgan fingerprint density at radius 2 is 1.30 bits per heavy atom. The third kappa shape index (κ3) is 7.41. The van der Waals surface area contributed by atoms with Crippen molar-refractivity contribution in [2.24, 2.45) is 0 Å². The SMILES string of the molecule is [2H]c1c([2H])c([2H])c(-c2cccc(-c3c([2H])c([2H])c([2H])c([2H])c3[2H])c2-[n+]2[c-]n(-c3cc(Oc4ccc5c6ccccc6n(-c6cc(C(C)(C)C)ccn6)c5c4)cc(-c4c(C)cc(C#N)cc4C)c3)c3ccccc32)c([2H])c1[2H]. The first-order valence-corrected chi connectivity index (χ1v) is 21.8. The monoisotopic (exact) mass is 875 g/mol. The fraction of sp³-hybridized carbons (Fsp3) is 0.0984. The zero-order valence-corrected chi connectivity index (χ0v) is 37.3. The number of benzene rings is 8. The van der Waals surface area contributed by atoms with Crippen LogP contribution in [0.15, 0.2) is 194 Å². The Balaban J connectivity index is 1.17. The molecule has 0 atom stereocenters. The molecule has 11 aromatic rings. The predicted octanol–water partition coefficient (Wildman–Crippen LogP) is 14.8. The molecule has 322 valence electrons. The van der Waals surface area contributed by atoms with Crippen molar-refractivity contribution in [3.8, 4) is 68.1 Å². The lowest BCUT2D eigenvalue weighted by molar-refractivity contribution is -0.571. The average molecular weight is 876 g/mol. The smallest absolute Gasteiger partial charge is 0.269 e. The van der Waals surface area contributed by atoms with Crippen molar-refractivity contribution in [1.82, 2.24) is 14.1 Å². The van der Waals surface area contributed by atoms with Crippen molar-refractivity contribution >= 4 is 32.8 Å². The van der Waals surface area contributed by atoms with Crippen LogP contribution in [0.1, 0.15) is 56.7 Å². The molecule has 67 heavy (non-hydrogen) atoms. The first kappa shape index (κ1) is 31.4. The second kappa shape index (κ2) is 16.5. The maximum atomic E-state index is 9.95. The van der Waals surface area contributed by atoms with Gasteiger partial charge in [-0.05, 0) is 130 Å². The van der Waals surface area contributed by atoms with Gasteiger partial charge in [0.2, 0.25) is 0 Å². The molecule has 0 spiro atoms. The van der Waals surface area contributed by atoms with E-state index in [0.717, 1.165) is 55.4 Å². The van der Waals surface area contributed by atoms with Crippen LogP contribution in [-0.4, -0.2) is 14.1 Å². The average Bonchev–Trinajstić information content (AvgIpc) is 4.02. The molecule has 3 aromatic heterocycles. The summed E-state index contributed by atoms with van der Waals surface area (Å²) in [5, 5.41) is 12.0. The van der Waals surface area contributed by atoms with E-state index < -0.39 is 60.4 Å². The first-order chi connectivity index (χ1) is 36.8. The van der Waals surface area contributed by atoms with Crippen LogP contribution in [0.3, 0.4) is 0 Å². The third-order valence-electron chi connectivity index (χ3n) is 12.2. The normalized spacial score (nSPS) is 13.7. The van der Waals surface area contributed by atoms with E-state index in [1.54, 1.807) is 27.3 Å². The van der Waals surface area contributed by atoms with E-state index in [0.29, 0.717) is 33.8 Å². The van der Waals surface area contributed by atoms with Crippen LogP contribution in [-0.2, 0) is 5.41 Å². The largest absolute Gasteiger partial charge is 0.458 e. The van der Waals surface area contributed by atoms with E-state index in [-0.39, 0.29) is 33.4 Å². The molecule has 11 rings (SSSR count). The number of para-hydroxylation sites is 4. The highest BCUT2D eigenvalue weighted by molar-refractivity contribution is 6.09. The van der Waals surface area contributed by atoms with Gasteiger partial charge < -0.3 is 4.74 Å². The van der Waals surface area contributed by atoms with Gasteiger partial charge >= 0.3 is 0 Å². The topological polar surface area (TPSA) is 59.6 Å². The lowest BCUT2D eigenvalue weighted by Crippen LogP contribution is -2.31. The minimum Gasteiger partial charge on any atom is -0.458 e. The molecule has 0 saturated carbocycles. The molecule has 0 amide bonds. The lowest BCUT2D eigenvalue weighted by Gasteiger charge is -2.20. The van der Waals surface area contributed by atoms with Crippen molar-refractivity contribution in [2.45, 2.75) is 40.0 Å². The molecule has 0 aliphatic heterocycles. The summed E-state index contributed by atoms with van der Waals surface area (Å²) in [6.07, 6.45) is 5.36. The molecule has 6 nitrogen and oxygen atoms in total. The number of ether oxygens (including phenoxy) is 1. The molecule has 0 radical (unpaired) electrons. The van der Waals surface area contributed by atoms with Crippen molar-refractivity contribution in [3.05, 3.63) is 223 Å². The molecular formula is C61H47N5O. The van der Waals surface area contributed by atoms with E-state index in [2.05, 4.69) is 55.9 Å². The quantitative estimate of drug-likeness (QED) is 0.113. The molecule has 3 heterocycles. The van der Waals surface area contributed by atoms with E-state index >= 15 is 0 Å². The highest BCUT2D eigenvalue weighted by atomic mass is 16.5. The summed E-state index contributed by atoms with van der Waals surface area (Å²) in [7, 11) is 0. The molecule has 0 aliphatic carbocycles. The van der Waals surface area contributed by atoms with Gasteiger partial charge in [0.05, 0.1) is 58.8 Å². The number of imidazole rings is 1. The number of rotatable bonds is 8. The Bertz CT molecular complexity index is 4190. The Morgan fingerprint density at radius 1 is 0.642 bits per heavy atom. The Kier molecular flexibility index (Phi) is 7.71. The molecule has 0 fully saturated rings. The van der Waals surface area contributed by atoms with E-state index in [1.807, 2.05) is 111 Å². The van der Waals surface area contributed by atoms with Gasteiger partial charge in [-0.25, -0.2) is 4.98 Å². The molecule has 0 N–H and O–H groups in total. The maximum Gasteiger partial charge on any atom is 0.269 e. The molecule has 0 saturated heterocycles. The van der Waals surface area contributed by atoms with Crippen molar-refractivity contribution in [3.63, 3.8) is 0 Å². The van der Waals surface area contributed by atoms with E-state index in [1.165, 1.54) is 0 Å². The van der Waals surface area contributed by atoms with Gasteiger partial charge in [0, 0.05) is 23.0 Å². The summed E-state index contributed by atoms with van der Waals surface area (Å²) >= 11 is 0. The Hall–Kier alpha value is -8.53. The molecule has 0 bridgehead atoms. The van der Waals surface area contributed by atoms with Gasteiger partial charge in [-0.1, -0.05) is 142 Å². The van der Waals surface area contributed by atoms with Gasteiger partial charge in [-0.2, -0.15) is 5.26 Å². The fourth-order valence-corrected chi connectivity index (χ4v) is 9.18. The molecular weight excluding hydrogens is 819 g/mol. The van der Waals surface area contributed by atoms with Crippen molar-refractivity contribution < 1.29 is 23.0 Å². The van der Waals surface area contributed by atoms with Crippen LogP contribution in [0.25, 0.3) is 83.4 Å². The van der Waals surface area contributed by atoms with E-state index in [4.69, 9.17) is 23.4 Å². The van der Waals surface area contributed by atoms with Gasteiger partial charge in [-0.15, -0.1) is 0 Å². The van der Waals surface area contributed by atoms with Crippen molar-refractivity contribution in [1.29, 1.82) is 5.26 Å². The van der Waals surface area contributed by atoms with Crippen LogP contribution in [0.4, 0.5) is 0 Å². The number of fused-ring (bicyclic) bond motifs is 4. The summed E-state index contributed by atoms with van der Waals surface area (Å²) in [6.45, 7) is 10.4. The van der Waals surface area contributed by atoms with Crippen LogP contribution in [0.5, 0.6) is 11.5 Å². The number of nitriles is 1. The van der Waals surface area contributed by atoms with Gasteiger partial charge in [0.15, 0.2) is 0 Å². The van der Waals surface area contributed by atoms with Crippen LogP contribution in [0, 0.1) is 31.5 Å². The molecule has 6 heteroatoms. The Labute approximate surface area is 404 Å². The number of aryl methyl sites for hydroxylation is 2. The third-order valence-corrected chi connectivity index (χ3v) is 12.2. The predicted molar refractivity (Wildman–Crippen MR) is 271 cm³/mol. The second-order valence-electron chi connectivity index (χ2n) is 17.6. The summed E-state index contributed by atoms with van der Waals surface area (Å²) in [4.78, 5) is 4.87. The number of hydrogen-bond acceptors (Lipinski definition) is 3. The van der Waals surface area contributed by atoms with Gasteiger partial charge in [0.25, 0.3) is 6.33 Å². The zero-order chi connectivity index (χ0) is 54.5. The number of hydrogen-bond donors (Lipinski definition) is 0. The number of aromatic nitrogens is 4. The first-order valence-electron chi connectivity index (χ1n) is 26.8.